The Morgan fingerprint density at radius 3 is 2.86 bits per heavy atom. The fourth-order valence-electron chi connectivity index (χ4n) is 2.61. The number of nitrogens with zero attached hydrogens (tertiary/aromatic N) is 2. The van der Waals surface area contributed by atoms with Gasteiger partial charge in [0.05, 0.1) is 17.5 Å². The van der Waals surface area contributed by atoms with Crippen molar-refractivity contribution in [2.75, 3.05) is 12.4 Å². The Balaban J connectivity index is 1.88. The van der Waals surface area contributed by atoms with E-state index in [1.165, 1.54) is 6.42 Å². The van der Waals surface area contributed by atoms with Crippen LogP contribution in [0.15, 0.2) is 35.4 Å². The predicted octanol–water partition coefficient (Wildman–Crippen LogP) is 2.91. The fourth-order valence-corrected chi connectivity index (χ4v) is 3.89. The van der Waals surface area contributed by atoms with Gasteiger partial charge in [-0.1, -0.05) is 18.2 Å². The third-order valence-electron chi connectivity index (χ3n) is 3.77. The number of ether oxygens (including phenoxy) is 1. The lowest BCUT2D eigenvalue weighted by atomic mass is 10.2. The van der Waals surface area contributed by atoms with Crippen LogP contribution in [-0.4, -0.2) is 28.2 Å². The maximum absolute atomic E-state index is 5.93. The normalized spacial score (nSPS) is 18.3. The molecular weight excluding hydrogens is 282 g/mol. The van der Waals surface area contributed by atoms with Crippen LogP contribution in [0.2, 0.25) is 0 Å². The van der Waals surface area contributed by atoms with Gasteiger partial charge in [-0.25, -0.2) is 4.68 Å². The number of hydrogen-bond acceptors (Lipinski definition) is 4. The van der Waals surface area contributed by atoms with Crippen LogP contribution in [0.5, 0.6) is 0 Å². The molecule has 0 spiro atoms. The molecule has 21 heavy (non-hydrogen) atoms. The molecule has 4 nitrogen and oxygen atoms in total. The predicted molar refractivity (Wildman–Crippen MR) is 85.9 cm³/mol. The molecule has 2 N–H and O–H groups in total. The molecular formula is C16H21N3OS. The van der Waals surface area contributed by atoms with Crippen LogP contribution < -0.4 is 5.73 Å². The van der Waals surface area contributed by atoms with Crippen molar-refractivity contribution in [3.8, 4) is 5.69 Å². The van der Waals surface area contributed by atoms with E-state index in [9.17, 15) is 0 Å². The Morgan fingerprint density at radius 2 is 2.19 bits per heavy atom. The lowest BCUT2D eigenvalue weighted by Gasteiger charge is -2.12. The lowest BCUT2D eigenvalue weighted by Crippen LogP contribution is -2.10. The highest BCUT2D eigenvalue weighted by Crippen LogP contribution is 2.30. The number of benzene rings is 1. The first-order valence-corrected chi connectivity index (χ1v) is 8.36. The Kier molecular flexibility index (Phi) is 4.63. The van der Waals surface area contributed by atoms with Gasteiger partial charge >= 0.3 is 0 Å². The number of thioether (sulfide) groups is 1. The van der Waals surface area contributed by atoms with Crippen LogP contribution in [0.3, 0.4) is 0 Å². The zero-order valence-corrected chi connectivity index (χ0v) is 13.1. The largest absolute Gasteiger partial charge is 0.377 e. The van der Waals surface area contributed by atoms with Crippen molar-refractivity contribution in [1.82, 2.24) is 9.78 Å². The van der Waals surface area contributed by atoms with E-state index >= 15 is 0 Å². The molecule has 0 amide bonds. The number of aryl methyl sites for hydroxylation is 1. The molecule has 1 fully saturated rings. The van der Waals surface area contributed by atoms with Crippen LogP contribution in [0.1, 0.15) is 24.1 Å². The van der Waals surface area contributed by atoms with Crippen molar-refractivity contribution < 1.29 is 4.74 Å². The Hall–Kier alpha value is -1.30. The highest BCUT2D eigenvalue weighted by atomic mass is 32.2. The van der Waals surface area contributed by atoms with Crippen LogP contribution >= 0.6 is 11.8 Å². The highest BCUT2D eigenvalue weighted by Gasteiger charge is 2.20. The van der Waals surface area contributed by atoms with Gasteiger partial charge in [0.1, 0.15) is 5.03 Å². The van der Waals surface area contributed by atoms with Crippen molar-refractivity contribution in [3.63, 3.8) is 0 Å². The Morgan fingerprint density at radius 1 is 1.38 bits per heavy atom. The topological polar surface area (TPSA) is 53.1 Å². The van der Waals surface area contributed by atoms with Gasteiger partial charge in [-0.2, -0.15) is 5.10 Å². The molecule has 5 heteroatoms. The molecule has 1 aliphatic rings. The van der Waals surface area contributed by atoms with E-state index in [0.29, 0.717) is 12.6 Å². The van der Waals surface area contributed by atoms with Gasteiger partial charge in [-0.15, -0.1) is 11.8 Å². The summed E-state index contributed by atoms with van der Waals surface area (Å²) in [6, 6.07) is 10.2. The molecule has 0 aliphatic carbocycles. The molecule has 2 aromatic rings. The minimum Gasteiger partial charge on any atom is -0.377 e. The lowest BCUT2D eigenvalue weighted by molar-refractivity contribution is 0.129. The number of nitrogens with two attached hydrogens (primary N) is 1. The molecule has 112 valence electrons. The second-order valence-electron chi connectivity index (χ2n) is 5.27. The second kappa shape index (κ2) is 6.64. The van der Waals surface area contributed by atoms with Crippen molar-refractivity contribution in [1.29, 1.82) is 0 Å². The van der Waals surface area contributed by atoms with Crippen LogP contribution in [-0.2, 0) is 11.3 Å². The highest BCUT2D eigenvalue weighted by molar-refractivity contribution is 7.99. The van der Waals surface area contributed by atoms with E-state index in [1.807, 2.05) is 29.8 Å². The molecule has 3 rings (SSSR count). The summed E-state index contributed by atoms with van der Waals surface area (Å²) in [4.78, 5) is 0. The third kappa shape index (κ3) is 3.15. The molecule has 1 atom stereocenters. The quantitative estimate of drug-likeness (QED) is 0.863. The molecule has 1 unspecified atom stereocenters. The molecule has 0 bridgehead atoms. The average molecular weight is 303 g/mol. The van der Waals surface area contributed by atoms with Gasteiger partial charge in [0.25, 0.3) is 0 Å². The number of rotatable bonds is 5. The first kappa shape index (κ1) is 14.6. The maximum Gasteiger partial charge on any atom is 0.105 e. The minimum absolute atomic E-state index is 0.361. The molecule has 1 aliphatic heterocycles. The van der Waals surface area contributed by atoms with E-state index in [4.69, 9.17) is 10.5 Å². The van der Waals surface area contributed by atoms with E-state index in [0.717, 1.165) is 40.8 Å². The summed E-state index contributed by atoms with van der Waals surface area (Å²) in [7, 11) is 0. The molecule has 1 aromatic carbocycles. The summed E-state index contributed by atoms with van der Waals surface area (Å²) < 4.78 is 7.73. The van der Waals surface area contributed by atoms with E-state index in [-0.39, 0.29) is 0 Å². The first-order chi connectivity index (χ1) is 10.3. The molecule has 1 aromatic heterocycles. The van der Waals surface area contributed by atoms with Gasteiger partial charge in [0.15, 0.2) is 0 Å². The van der Waals surface area contributed by atoms with Crippen LogP contribution in [0, 0.1) is 6.92 Å². The van der Waals surface area contributed by atoms with Crippen LogP contribution in [0.4, 0.5) is 0 Å². The van der Waals surface area contributed by atoms with E-state index in [1.54, 1.807) is 11.8 Å². The van der Waals surface area contributed by atoms with E-state index < -0.39 is 0 Å². The average Bonchev–Trinajstić information content (AvgIpc) is 3.13. The first-order valence-electron chi connectivity index (χ1n) is 7.38. The number of para-hydroxylation sites is 1. The number of aromatic nitrogens is 2. The smallest absolute Gasteiger partial charge is 0.105 e. The van der Waals surface area contributed by atoms with Gasteiger partial charge in [-0.05, 0) is 31.9 Å². The van der Waals surface area contributed by atoms with Crippen LogP contribution in [0.25, 0.3) is 5.69 Å². The Labute approximate surface area is 129 Å². The zero-order valence-electron chi connectivity index (χ0n) is 12.3. The SMILES string of the molecule is Cc1nn(-c2ccccc2)c(SCC2CCCO2)c1CN. The maximum atomic E-state index is 5.93. The van der Waals surface area contributed by atoms with Gasteiger partial charge in [-0.3, -0.25) is 0 Å². The summed E-state index contributed by atoms with van der Waals surface area (Å²) in [5.74, 6) is 0.963. The Bertz CT molecular complexity index is 591. The van der Waals surface area contributed by atoms with Crippen molar-refractivity contribution in [2.45, 2.75) is 37.4 Å². The fraction of sp³-hybridized carbons (Fsp3) is 0.438. The molecule has 0 saturated carbocycles. The van der Waals surface area contributed by atoms with Gasteiger partial charge in [0, 0.05) is 24.5 Å². The van der Waals surface area contributed by atoms with Crippen molar-refractivity contribution >= 4 is 11.8 Å². The second-order valence-corrected chi connectivity index (χ2v) is 6.28. The molecule has 2 heterocycles. The summed E-state index contributed by atoms with van der Waals surface area (Å²) in [5.41, 5.74) is 9.16. The summed E-state index contributed by atoms with van der Waals surface area (Å²) in [6.07, 6.45) is 2.69. The number of hydrogen-bond donors (Lipinski definition) is 1. The molecule has 0 radical (unpaired) electrons. The van der Waals surface area contributed by atoms with Gasteiger partial charge < -0.3 is 10.5 Å². The van der Waals surface area contributed by atoms with Crippen molar-refractivity contribution in [3.05, 3.63) is 41.6 Å². The minimum atomic E-state index is 0.361. The third-order valence-corrected chi connectivity index (χ3v) is 5.00. The zero-order chi connectivity index (χ0) is 14.7. The van der Waals surface area contributed by atoms with Gasteiger partial charge in [0.2, 0.25) is 0 Å². The molecule has 1 saturated heterocycles. The van der Waals surface area contributed by atoms with E-state index in [2.05, 4.69) is 17.2 Å². The summed E-state index contributed by atoms with van der Waals surface area (Å²) in [6.45, 7) is 3.44. The van der Waals surface area contributed by atoms with Crippen molar-refractivity contribution in [2.24, 2.45) is 5.73 Å². The standard InChI is InChI=1S/C16H21N3OS/c1-12-15(10-17)16(21-11-14-8-5-9-20-14)19(18-12)13-6-3-2-4-7-13/h2-4,6-7,14H,5,8-11,17H2,1H3. The monoisotopic (exact) mass is 303 g/mol. The summed E-state index contributed by atoms with van der Waals surface area (Å²) in [5, 5.41) is 5.82. The summed E-state index contributed by atoms with van der Waals surface area (Å²) >= 11 is 1.81.